The largest absolute Gasteiger partial charge is 0.493 e. The third kappa shape index (κ3) is 4.88. The molecular weight excluding hydrogens is 456 g/mol. The minimum absolute atomic E-state index is 0.0314. The summed E-state index contributed by atoms with van der Waals surface area (Å²) in [6.45, 7) is 0.0314. The lowest BCUT2D eigenvalue weighted by Gasteiger charge is -2.15. The maximum atomic E-state index is 12.7. The number of methoxy groups -OCH3 is 2. The molecule has 0 unspecified atom stereocenters. The van der Waals surface area contributed by atoms with Gasteiger partial charge >= 0.3 is 5.69 Å². The van der Waals surface area contributed by atoms with Crippen LogP contribution in [0.25, 0.3) is 10.9 Å². The molecule has 1 aromatic heterocycles. The van der Waals surface area contributed by atoms with Gasteiger partial charge < -0.3 is 19.2 Å². The van der Waals surface area contributed by atoms with Gasteiger partial charge in [0.05, 0.1) is 36.3 Å². The van der Waals surface area contributed by atoms with Crippen LogP contribution >= 0.6 is 0 Å². The zero-order valence-electron chi connectivity index (χ0n) is 18.8. The minimum atomic E-state index is -0.680. The maximum absolute atomic E-state index is 12.7. The average Bonchev–Trinajstić information content (AvgIpc) is 2.87. The molecular formula is C24H20N4O7. The molecule has 178 valence electrons. The van der Waals surface area contributed by atoms with Crippen LogP contribution in [0.5, 0.6) is 17.2 Å². The first-order chi connectivity index (χ1) is 16.9. The van der Waals surface area contributed by atoms with Crippen LogP contribution < -0.4 is 25.5 Å². The van der Waals surface area contributed by atoms with E-state index in [2.05, 4.69) is 10.1 Å². The van der Waals surface area contributed by atoms with Gasteiger partial charge in [-0.3, -0.25) is 14.9 Å². The number of benzene rings is 3. The van der Waals surface area contributed by atoms with E-state index in [-0.39, 0.29) is 18.0 Å². The fraction of sp³-hybridized carbons (Fsp3) is 0.125. The zero-order chi connectivity index (χ0) is 24.9. The Morgan fingerprint density at radius 1 is 1.03 bits per heavy atom. The molecule has 0 fully saturated rings. The number of hydrogen-bond donors (Lipinski definition) is 1. The van der Waals surface area contributed by atoms with E-state index in [1.54, 1.807) is 48.5 Å². The van der Waals surface area contributed by atoms with Gasteiger partial charge in [-0.1, -0.05) is 24.3 Å². The Morgan fingerprint density at radius 3 is 2.43 bits per heavy atom. The molecule has 11 nitrogen and oxygen atoms in total. The molecule has 4 rings (SSSR count). The number of para-hydroxylation sites is 1. The van der Waals surface area contributed by atoms with Gasteiger partial charge in [-0.15, -0.1) is 4.68 Å². The Kier molecular flexibility index (Phi) is 6.58. The fourth-order valence-electron chi connectivity index (χ4n) is 3.41. The van der Waals surface area contributed by atoms with E-state index in [0.717, 1.165) is 4.68 Å². The number of fused-ring (bicyclic) bond motifs is 1. The Balaban J connectivity index is 1.65. The van der Waals surface area contributed by atoms with Crippen LogP contribution in [0.4, 0.5) is 5.69 Å². The van der Waals surface area contributed by atoms with Gasteiger partial charge in [-0.2, -0.15) is 5.10 Å². The number of nitrogens with zero attached hydrogens (tertiary/aromatic N) is 3. The van der Waals surface area contributed by atoms with E-state index >= 15 is 0 Å². The summed E-state index contributed by atoms with van der Waals surface area (Å²) in [5.74, 6) is 0.881. The predicted molar refractivity (Wildman–Crippen MR) is 129 cm³/mol. The van der Waals surface area contributed by atoms with Crippen LogP contribution in [0.3, 0.4) is 0 Å². The van der Waals surface area contributed by atoms with Crippen LogP contribution in [0.1, 0.15) is 11.1 Å². The number of nitrogens with one attached hydrogen (secondary N) is 1. The number of hydrogen-bond acceptors (Lipinski definition) is 8. The van der Waals surface area contributed by atoms with Gasteiger partial charge in [0.1, 0.15) is 6.61 Å². The van der Waals surface area contributed by atoms with Crippen molar-refractivity contribution in [2.24, 2.45) is 5.10 Å². The van der Waals surface area contributed by atoms with E-state index in [4.69, 9.17) is 14.2 Å². The summed E-state index contributed by atoms with van der Waals surface area (Å²) in [6, 6.07) is 15.9. The van der Waals surface area contributed by atoms with Crippen molar-refractivity contribution in [1.82, 2.24) is 9.66 Å². The highest BCUT2D eigenvalue weighted by molar-refractivity contribution is 5.82. The van der Waals surface area contributed by atoms with Crippen molar-refractivity contribution in [2.45, 2.75) is 6.61 Å². The van der Waals surface area contributed by atoms with Crippen LogP contribution in [0, 0.1) is 10.1 Å². The molecule has 1 N–H and O–H groups in total. The van der Waals surface area contributed by atoms with Crippen LogP contribution in [-0.4, -0.2) is 35.0 Å². The number of H-pyrrole nitrogens is 1. The average molecular weight is 476 g/mol. The molecule has 4 aromatic rings. The number of aromatic amines is 1. The molecule has 1 heterocycles. The van der Waals surface area contributed by atoms with Crippen molar-refractivity contribution < 1.29 is 19.1 Å². The van der Waals surface area contributed by atoms with Gasteiger partial charge in [0.25, 0.3) is 11.2 Å². The topological polar surface area (TPSA) is 138 Å². The zero-order valence-corrected chi connectivity index (χ0v) is 18.8. The standard InChI is InChI=1S/C24H20N4O7/c1-33-20-11-16(13-25-27-23(29)18-8-3-4-9-19(18)26-24(27)30)12-21(34-2)22(20)35-14-15-6-5-7-17(10-15)28(31)32/h3-13H,14H2,1-2H3,(H,26,30). The molecule has 3 aromatic carbocycles. The molecule has 11 heteroatoms. The molecule has 0 aliphatic rings. The third-order valence-electron chi connectivity index (χ3n) is 5.09. The summed E-state index contributed by atoms with van der Waals surface area (Å²) in [4.78, 5) is 38.2. The monoisotopic (exact) mass is 476 g/mol. The Hall–Kier alpha value is -4.93. The van der Waals surface area contributed by atoms with E-state index in [0.29, 0.717) is 33.5 Å². The smallest absolute Gasteiger partial charge is 0.349 e. The molecule has 0 amide bonds. The summed E-state index contributed by atoms with van der Waals surface area (Å²) in [5.41, 5.74) is 0.194. The maximum Gasteiger partial charge on any atom is 0.349 e. The van der Waals surface area contributed by atoms with E-state index < -0.39 is 16.2 Å². The number of nitro benzene ring substituents is 1. The number of ether oxygens (including phenoxy) is 3. The molecule has 0 atom stereocenters. The molecule has 0 bridgehead atoms. The van der Waals surface area contributed by atoms with E-state index in [1.165, 1.54) is 32.6 Å². The van der Waals surface area contributed by atoms with Crippen molar-refractivity contribution in [3.05, 3.63) is 103 Å². The predicted octanol–water partition coefficient (Wildman–Crippen LogP) is 3.08. The molecule has 35 heavy (non-hydrogen) atoms. The summed E-state index contributed by atoms with van der Waals surface area (Å²) in [6.07, 6.45) is 1.32. The van der Waals surface area contributed by atoms with E-state index in [1.807, 2.05) is 0 Å². The Morgan fingerprint density at radius 2 is 1.74 bits per heavy atom. The lowest BCUT2D eigenvalue weighted by Crippen LogP contribution is -2.32. The Labute approximate surface area is 198 Å². The molecule has 0 radical (unpaired) electrons. The first kappa shape index (κ1) is 23.2. The normalized spacial score (nSPS) is 11.0. The minimum Gasteiger partial charge on any atom is -0.493 e. The van der Waals surface area contributed by atoms with Gasteiger partial charge in [0.2, 0.25) is 5.75 Å². The van der Waals surface area contributed by atoms with Crippen LogP contribution in [0.2, 0.25) is 0 Å². The van der Waals surface area contributed by atoms with Gasteiger partial charge in [0, 0.05) is 17.7 Å². The van der Waals surface area contributed by atoms with Crippen molar-refractivity contribution in [1.29, 1.82) is 0 Å². The fourth-order valence-corrected chi connectivity index (χ4v) is 3.41. The summed E-state index contributed by atoms with van der Waals surface area (Å²) < 4.78 is 17.4. The van der Waals surface area contributed by atoms with Gasteiger partial charge in [0.15, 0.2) is 11.5 Å². The summed E-state index contributed by atoms with van der Waals surface area (Å²) in [7, 11) is 2.88. The number of nitro groups is 1. The third-order valence-corrected chi connectivity index (χ3v) is 5.09. The van der Waals surface area contributed by atoms with Gasteiger partial charge in [-0.25, -0.2) is 4.79 Å². The molecule has 0 aliphatic carbocycles. The quantitative estimate of drug-likeness (QED) is 0.234. The lowest BCUT2D eigenvalue weighted by atomic mass is 10.2. The van der Waals surface area contributed by atoms with Crippen molar-refractivity contribution >= 4 is 22.8 Å². The summed E-state index contributed by atoms with van der Waals surface area (Å²) >= 11 is 0. The molecule has 0 spiro atoms. The number of rotatable bonds is 8. The second-order valence-electron chi connectivity index (χ2n) is 7.31. The Bertz CT molecular complexity index is 1530. The molecule has 0 aliphatic heterocycles. The lowest BCUT2D eigenvalue weighted by molar-refractivity contribution is -0.384. The van der Waals surface area contributed by atoms with Crippen LogP contribution in [0.15, 0.2) is 75.4 Å². The number of aromatic nitrogens is 2. The van der Waals surface area contributed by atoms with Crippen LogP contribution in [-0.2, 0) is 6.61 Å². The SMILES string of the molecule is COc1cc(C=Nn2c(=O)[nH]c3ccccc3c2=O)cc(OC)c1OCc1cccc([N+](=O)[O-])c1. The highest BCUT2D eigenvalue weighted by Gasteiger charge is 2.15. The summed E-state index contributed by atoms with van der Waals surface area (Å²) in [5, 5.41) is 15.4. The highest BCUT2D eigenvalue weighted by atomic mass is 16.6. The number of non-ortho nitro benzene ring substituents is 1. The first-order valence-electron chi connectivity index (χ1n) is 10.3. The second-order valence-corrected chi connectivity index (χ2v) is 7.31. The van der Waals surface area contributed by atoms with Crippen molar-refractivity contribution in [3.63, 3.8) is 0 Å². The molecule has 0 saturated heterocycles. The van der Waals surface area contributed by atoms with E-state index in [9.17, 15) is 19.7 Å². The van der Waals surface area contributed by atoms with Gasteiger partial charge in [-0.05, 0) is 29.8 Å². The highest BCUT2D eigenvalue weighted by Crippen LogP contribution is 2.38. The molecule has 0 saturated carbocycles. The van der Waals surface area contributed by atoms with Crippen molar-refractivity contribution in [3.8, 4) is 17.2 Å². The van der Waals surface area contributed by atoms with Crippen molar-refractivity contribution in [2.75, 3.05) is 14.2 Å². The second kappa shape index (κ2) is 9.91. The first-order valence-corrected chi connectivity index (χ1v) is 10.3.